The number of nitrogens with zero attached hydrogens (tertiary/aromatic N) is 2. The highest BCUT2D eigenvalue weighted by molar-refractivity contribution is 7.08. The minimum Gasteiger partial charge on any atom is -0.345 e. The van der Waals surface area contributed by atoms with Gasteiger partial charge in [-0.15, -0.1) is 0 Å². The van der Waals surface area contributed by atoms with Crippen LogP contribution in [-0.4, -0.2) is 35.0 Å². The Bertz CT molecular complexity index is 479. The highest BCUT2D eigenvalue weighted by Gasteiger charge is 2.18. The zero-order valence-corrected chi connectivity index (χ0v) is 11.3. The van der Waals surface area contributed by atoms with Crippen LogP contribution >= 0.6 is 11.3 Å². The summed E-state index contributed by atoms with van der Waals surface area (Å²) in [6, 6.07) is 2.19. The molecule has 0 unspecified atom stereocenters. The summed E-state index contributed by atoms with van der Waals surface area (Å²) in [6.45, 7) is 2.29. The van der Waals surface area contributed by atoms with Crippen LogP contribution in [0.1, 0.15) is 24.2 Å². The molecule has 0 aromatic carbocycles. The molecule has 4 heteroatoms. The number of likely N-dealkylation sites (tertiary alicyclic amines) is 1. The van der Waals surface area contributed by atoms with Gasteiger partial charge in [-0.05, 0) is 42.3 Å². The molecular formula is C14H17N3S. The Balaban J connectivity index is 2.03. The first kappa shape index (κ1) is 11.7. The molecule has 3 heterocycles. The SMILES string of the molecule is CN1CCC(=C(c2ccsc2)c2ncc[nH]2)CC1. The number of thiophene rings is 1. The molecule has 0 saturated carbocycles. The van der Waals surface area contributed by atoms with E-state index in [9.17, 15) is 0 Å². The van der Waals surface area contributed by atoms with Gasteiger partial charge in [0.25, 0.3) is 0 Å². The highest BCUT2D eigenvalue weighted by atomic mass is 32.1. The molecule has 0 amide bonds. The predicted octanol–water partition coefficient (Wildman–Crippen LogP) is 3.00. The van der Waals surface area contributed by atoms with E-state index >= 15 is 0 Å². The van der Waals surface area contributed by atoms with Crippen molar-refractivity contribution in [2.45, 2.75) is 12.8 Å². The van der Waals surface area contributed by atoms with Gasteiger partial charge < -0.3 is 9.88 Å². The summed E-state index contributed by atoms with van der Waals surface area (Å²) in [5.74, 6) is 1.01. The highest BCUT2D eigenvalue weighted by Crippen LogP contribution is 2.31. The van der Waals surface area contributed by atoms with Crippen molar-refractivity contribution in [2.24, 2.45) is 0 Å². The summed E-state index contributed by atoms with van der Waals surface area (Å²) in [5.41, 5.74) is 4.14. The van der Waals surface area contributed by atoms with Gasteiger partial charge in [-0.25, -0.2) is 4.98 Å². The molecular weight excluding hydrogens is 242 g/mol. The zero-order chi connectivity index (χ0) is 12.4. The van der Waals surface area contributed by atoms with Crippen LogP contribution in [-0.2, 0) is 0 Å². The van der Waals surface area contributed by atoms with Gasteiger partial charge in [0.05, 0.1) is 0 Å². The average molecular weight is 259 g/mol. The molecule has 0 spiro atoms. The van der Waals surface area contributed by atoms with Crippen molar-refractivity contribution in [2.75, 3.05) is 20.1 Å². The predicted molar refractivity (Wildman–Crippen MR) is 75.7 cm³/mol. The Morgan fingerprint density at radius 1 is 1.39 bits per heavy atom. The molecule has 1 N–H and O–H groups in total. The van der Waals surface area contributed by atoms with Crippen LogP contribution in [0.4, 0.5) is 0 Å². The monoisotopic (exact) mass is 259 g/mol. The van der Waals surface area contributed by atoms with Crippen molar-refractivity contribution in [3.63, 3.8) is 0 Å². The van der Waals surface area contributed by atoms with Crippen LogP contribution in [0, 0.1) is 0 Å². The molecule has 0 radical (unpaired) electrons. The molecule has 1 aliphatic rings. The Morgan fingerprint density at radius 3 is 2.83 bits per heavy atom. The smallest absolute Gasteiger partial charge is 0.137 e. The number of H-pyrrole nitrogens is 1. The van der Waals surface area contributed by atoms with Gasteiger partial charge in [-0.3, -0.25) is 0 Å². The zero-order valence-electron chi connectivity index (χ0n) is 10.5. The molecule has 2 aromatic rings. The summed E-state index contributed by atoms with van der Waals surface area (Å²) in [7, 11) is 2.19. The Hall–Kier alpha value is -1.39. The number of aromatic amines is 1. The fourth-order valence-corrected chi connectivity index (χ4v) is 3.10. The van der Waals surface area contributed by atoms with E-state index in [1.54, 1.807) is 11.3 Å². The lowest BCUT2D eigenvalue weighted by molar-refractivity contribution is 0.313. The lowest BCUT2D eigenvalue weighted by atomic mass is 9.94. The first-order chi connectivity index (χ1) is 8.84. The number of aromatic nitrogens is 2. The van der Waals surface area contributed by atoms with Crippen LogP contribution in [0.25, 0.3) is 5.57 Å². The van der Waals surface area contributed by atoms with Crippen molar-refractivity contribution in [1.29, 1.82) is 0 Å². The number of hydrogen-bond acceptors (Lipinski definition) is 3. The molecule has 94 valence electrons. The number of rotatable bonds is 2. The maximum Gasteiger partial charge on any atom is 0.137 e. The van der Waals surface area contributed by atoms with Crippen LogP contribution in [0.2, 0.25) is 0 Å². The number of hydrogen-bond donors (Lipinski definition) is 1. The van der Waals surface area contributed by atoms with Gasteiger partial charge in [-0.1, -0.05) is 5.57 Å². The molecule has 1 saturated heterocycles. The van der Waals surface area contributed by atoms with Gasteiger partial charge in [0.1, 0.15) is 5.82 Å². The van der Waals surface area contributed by atoms with Gasteiger partial charge in [0, 0.05) is 31.1 Å². The van der Waals surface area contributed by atoms with Crippen LogP contribution in [0.15, 0.2) is 34.8 Å². The third-order valence-corrected chi connectivity index (χ3v) is 4.17. The third kappa shape index (κ3) is 2.26. The van der Waals surface area contributed by atoms with Gasteiger partial charge >= 0.3 is 0 Å². The molecule has 0 atom stereocenters. The maximum absolute atomic E-state index is 4.44. The molecule has 18 heavy (non-hydrogen) atoms. The van der Waals surface area contributed by atoms with Gasteiger partial charge in [0.15, 0.2) is 0 Å². The second kappa shape index (κ2) is 5.08. The van der Waals surface area contributed by atoms with Crippen LogP contribution in [0.3, 0.4) is 0 Å². The van der Waals surface area contributed by atoms with Crippen molar-refractivity contribution < 1.29 is 0 Å². The summed E-state index contributed by atoms with van der Waals surface area (Å²) < 4.78 is 0. The molecule has 3 rings (SSSR count). The Labute approximate surface area is 111 Å². The van der Waals surface area contributed by atoms with E-state index in [0.29, 0.717) is 0 Å². The lowest BCUT2D eigenvalue weighted by Gasteiger charge is -2.26. The van der Waals surface area contributed by atoms with E-state index < -0.39 is 0 Å². The first-order valence-corrected chi connectivity index (χ1v) is 7.22. The first-order valence-electron chi connectivity index (χ1n) is 6.27. The summed E-state index contributed by atoms with van der Waals surface area (Å²) in [4.78, 5) is 10.1. The van der Waals surface area contributed by atoms with Crippen LogP contribution < -0.4 is 0 Å². The maximum atomic E-state index is 4.44. The lowest BCUT2D eigenvalue weighted by Crippen LogP contribution is -2.27. The topological polar surface area (TPSA) is 31.9 Å². The number of piperidine rings is 1. The van der Waals surface area contributed by atoms with E-state index in [1.807, 2.05) is 12.4 Å². The second-order valence-corrected chi connectivity index (χ2v) is 5.51. The number of imidazole rings is 1. The third-order valence-electron chi connectivity index (χ3n) is 3.49. The second-order valence-electron chi connectivity index (χ2n) is 4.73. The quantitative estimate of drug-likeness (QED) is 0.899. The van der Waals surface area contributed by atoms with E-state index in [-0.39, 0.29) is 0 Å². The Kier molecular flexibility index (Phi) is 3.30. The summed E-state index contributed by atoms with van der Waals surface area (Å²) in [6.07, 6.45) is 6.01. The Morgan fingerprint density at radius 2 is 2.22 bits per heavy atom. The van der Waals surface area contributed by atoms with Gasteiger partial charge in [0.2, 0.25) is 0 Å². The van der Waals surface area contributed by atoms with E-state index in [1.165, 1.54) is 16.7 Å². The van der Waals surface area contributed by atoms with Gasteiger partial charge in [-0.2, -0.15) is 11.3 Å². The van der Waals surface area contributed by atoms with Crippen molar-refractivity contribution >= 4 is 16.9 Å². The normalized spacial score (nSPS) is 17.1. The largest absolute Gasteiger partial charge is 0.345 e. The molecule has 1 aliphatic heterocycles. The van der Waals surface area contributed by atoms with Crippen molar-refractivity contribution in [3.8, 4) is 0 Å². The molecule has 2 aromatic heterocycles. The molecule has 0 aliphatic carbocycles. The fourth-order valence-electron chi connectivity index (χ4n) is 2.46. The standard InChI is InChI=1S/C14H17N3S/c1-17-7-2-11(3-8-17)13(12-4-9-18-10-12)14-15-5-6-16-14/h4-6,9-10H,2-3,7-8H2,1H3,(H,15,16). The fraction of sp³-hybridized carbons (Fsp3) is 0.357. The minimum absolute atomic E-state index is 1.01. The molecule has 0 bridgehead atoms. The summed E-state index contributed by atoms with van der Waals surface area (Å²) in [5, 5.41) is 4.34. The van der Waals surface area contributed by atoms with Crippen molar-refractivity contribution in [3.05, 3.63) is 46.2 Å². The molecule has 3 nitrogen and oxygen atoms in total. The van der Waals surface area contributed by atoms with E-state index in [2.05, 4.69) is 38.7 Å². The minimum atomic E-state index is 1.01. The van der Waals surface area contributed by atoms with E-state index in [0.717, 1.165) is 31.8 Å². The molecule has 1 fully saturated rings. The van der Waals surface area contributed by atoms with E-state index in [4.69, 9.17) is 0 Å². The van der Waals surface area contributed by atoms with Crippen molar-refractivity contribution in [1.82, 2.24) is 14.9 Å². The number of nitrogens with one attached hydrogen (secondary N) is 1. The van der Waals surface area contributed by atoms with Crippen LogP contribution in [0.5, 0.6) is 0 Å². The average Bonchev–Trinajstić information content (AvgIpc) is 3.06. The summed E-state index contributed by atoms with van der Waals surface area (Å²) >= 11 is 1.74.